The lowest BCUT2D eigenvalue weighted by Gasteiger charge is -2.15. The molecule has 0 aliphatic heterocycles. The van der Waals surface area contributed by atoms with Crippen molar-refractivity contribution in [1.29, 1.82) is 0 Å². The third-order valence-corrected chi connectivity index (χ3v) is 4.07. The van der Waals surface area contributed by atoms with E-state index in [1.807, 2.05) is 13.8 Å². The van der Waals surface area contributed by atoms with Gasteiger partial charge in [-0.25, -0.2) is 0 Å². The first-order valence-corrected chi connectivity index (χ1v) is 8.27. The van der Waals surface area contributed by atoms with Crippen molar-refractivity contribution < 1.29 is 9.84 Å². The van der Waals surface area contributed by atoms with Crippen LogP contribution in [-0.2, 0) is 4.74 Å². The molecule has 20 heavy (non-hydrogen) atoms. The first-order valence-electron chi connectivity index (χ1n) is 7.28. The minimum Gasteiger partial charge on any atom is -0.390 e. The second-order valence-electron chi connectivity index (χ2n) is 5.20. The molecule has 2 N–H and O–H groups in total. The average Bonchev–Trinajstić information content (AvgIpc) is 2.43. The van der Waals surface area contributed by atoms with Crippen LogP contribution in [0.2, 0.25) is 0 Å². The fraction of sp³-hybridized carbons (Fsp3) is 0.625. The van der Waals surface area contributed by atoms with E-state index in [0.29, 0.717) is 18.4 Å². The summed E-state index contributed by atoms with van der Waals surface area (Å²) in [6, 6.07) is 8.84. The van der Waals surface area contributed by atoms with Crippen LogP contribution in [0.3, 0.4) is 0 Å². The molecule has 114 valence electrons. The third kappa shape index (κ3) is 6.75. The van der Waals surface area contributed by atoms with Gasteiger partial charge in [0.2, 0.25) is 0 Å². The van der Waals surface area contributed by atoms with Crippen LogP contribution in [0.1, 0.15) is 39.3 Å². The average molecular weight is 297 g/mol. The zero-order chi connectivity index (χ0) is 15.0. The summed E-state index contributed by atoms with van der Waals surface area (Å²) in [5.41, 5.74) is 1.28. The maximum Gasteiger partial charge on any atom is 0.0867 e. The Morgan fingerprint density at radius 3 is 2.70 bits per heavy atom. The molecule has 0 aliphatic carbocycles. The number of thioether (sulfide) groups is 1. The Bertz CT molecular complexity index is 384. The van der Waals surface area contributed by atoms with Crippen molar-refractivity contribution in [3.63, 3.8) is 0 Å². The zero-order valence-corrected chi connectivity index (χ0v) is 13.7. The molecule has 0 aromatic heterocycles. The predicted octanol–water partition coefficient (Wildman–Crippen LogP) is 3.24. The van der Waals surface area contributed by atoms with Gasteiger partial charge < -0.3 is 15.2 Å². The van der Waals surface area contributed by atoms with Crippen LogP contribution in [0.15, 0.2) is 29.2 Å². The van der Waals surface area contributed by atoms with Gasteiger partial charge in [-0.1, -0.05) is 19.1 Å². The number of hydrogen-bond acceptors (Lipinski definition) is 4. The summed E-state index contributed by atoms with van der Waals surface area (Å²) in [6.07, 6.45) is -0.254. The highest BCUT2D eigenvalue weighted by atomic mass is 32.2. The molecular formula is C16H27NO2S. The van der Waals surface area contributed by atoms with Crippen LogP contribution in [0.25, 0.3) is 0 Å². The number of ether oxygens (including phenoxy) is 1. The SMILES string of the molecule is CCNC(C)c1cccc(SCC(O)COC(C)C)c1. The fourth-order valence-corrected chi connectivity index (χ4v) is 2.72. The van der Waals surface area contributed by atoms with E-state index in [1.54, 1.807) is 11.8 Å². The number of benzene rings is 1. The second kappa shape index (κ2) is 9.40. The Kier molecular flexibility index (Phi) is 8.22. The minimum absolute atomic E-state index is 0.166. The largest absolute Gasteiger partial charge is 0.390 e. The first-order chi connectivity index (χ1) is 9.52. The Morgan fingerprint density at radius 2 is 2.05 bits per heavy atom. The molecule has 1 aromatic carbocycles. The van der Waals surface area contributed by atoms with E-state index < -0.39 is 6.10 Å². The standard InChI is InChI=1S/C16H27NO2S/c1-5-17-13(4)14-7-6-8-16(9-14)20-11-15(18)10-19-12(2)3/h6-9,12-13,15,17-18H,5,10-11H2,1-4H3. The lowest BCUT2D eigenvalue weighted by molar-refractivity contribution is 0.0152. The molecule has 0 saturated heterocycles. The highest BCUT2D eigenvalue weighted by molar-refractivity contribution is 7.99. The topological polar surface area (TPSA) is 41.5 Å². The molecule has 0 amide bonds. The molecule has 0 spiro atoms. The van der Waals surface area contributed by atoms with E-state index in [2.05, 4.69) is 43.4 Å². The normalized spacial score (nSPS) is 14.5. The number of rotatable bonds is 9. The molecule has 0 fully saturated rings. The van der Waals surface area contributed by atoms with E-state index in [0.717, 1.165) is 6.54 Å². The molecule has 3 nitrogen and oxygen atoms in total. The second-order valence-corrected chi connectivity index (χ2v) is 6.29. The fourth-order valence-electron chi connectivity index (χ4n) is 1.84. The van der Waals surface area contributed by atoms with Gasteiger partial charge in [-0.3, -0.25) is 0 Å². The van der Waals surface area contributed by atoms with Crippen molar-refractivity contribution >= 4 is 11.8 Å². The van der Waals surface area contributed by atoms with Crippen LogP contribution in [0, 0.1) is 0 Å². The van der Waals surface area contributed by atoms with Gasteiger partial charge in [0.15, 0.2) is 0 Å². The Morgan fingerprint density at radius 1 is 1.30 bits per heavy atom. The molecule has 1 rings (SSSR count). The molecule has 2 atom stereocenters. The van der Waals surface area contributed by atoms with Gasteiger partial charge in [-0.05, 0) is 45.0 Å². The Hall–Kier alpha value is -0.550. The van der Waals surface area contributed by atoms with Crippen molar-refractivity contribution in [3.8, 4) is 0 Å². The smallest absolute Gasteiger partial charge is 0.0867 e. The highest BCUT2D eigenvalue weighted by Gasteiger charge is 2.08. The van der Waals surface area contributed by atoms with Crippen LogP contribution < -0.4 is 5.32 Å². The van der Waals surface area contributed by atoms with Crippen molar-refractivity contribution in [1.82, 2.24) is 5.32 Å². The molecule has 0 saturated carbocycles. The molecule has 1 aromatic rings. The van der Waals surface area contributed by atoms with E-state index in [9.17, 15) is 5.11 Å². The van der Waals surface area contributed by atoms with Crippen LogP contribution >= 0.6 is 11.8 Å². The number of aliphatic hydroxyl groups excluding tert-OH is 1. The van der Waals surface area contributed by atoms with Gasteiger partial charge in [-0.2, -0.15) is 0 Å². The lowest BCUT2D eigenvalue weighted by Crippen LogP contribution is -2.20. The molecule has 2 unspecified atom stereocenters. The molecule has 0 radical (unpaired) electrons. The van der Waals surface area contributed by atoms with Gasteiger partial charge >= 0.3 is 0 Å². The van der Waals surface area contributed by atoms with Crippen molar-refractivity contribution in [2.45, 2.75) is 50.8 Å². The molecule has 0 aliphatic rings. The molecule has 4 heteroatoms. The van der Waals surface area contributed by atoms with E-state index in [-0.39, 0.29) is 6.10 Å². The predicted molar refractivity (Wildman–Crippen MR) is 86.4 cm³/mol. The quantitative estimate of drug-likeness (QED) is 0.687. The monoisotopic (exact) mass is 297 g/mol. The van der Waals surface area contributed by atoms with Gasteiger partial charge in [0, 0.05) is 16.7 Å². The van der Waals surface area contributed by atoms with Gasteiger partial charge in [-0.15, -0.1) is 11.8 Å². The van der Waals surface area contributed by atoms with E-state index in [1.165, 1.54) is 10.5 Å². The maximum absolute atomic E-state index is 9.86. The maximum atomic E-state index is 9.86. The third-order valence-electron chi connectivity index (χ3n) is 2.93. The Balaban J connectivity index is 2.45. The summed E-state index contributed by atoms with van der Waals surface area (Å²) in [5.74, 6) is 0.658. The summed E-state index contributed by atoms with van der Waals surface area (Å²) in [5, 5.41) is 13.3. The van der Waals surface area contributed by atoms with Crippen LogP contribution in [-0.4, -0.2) is 36.2 Å². The van der Waals surface area contributed by atoms with Gasteiger partial charge in [0.05, 0.1) is 18.8 Å². The number of hydrogen-bond donors (Lipinski definition) is 2. The molecular weight excluding hydrogens is 270 g/mol. The summed E-state index contributed by atoms with van der Waals surface area (Å²) >= 11 is 1.67. The summed E-state index contributed by atoms with van der Waals surface area (Å²) in [6.45, 7) is 9.59. The van der Waals surface area contributed by atoms with Crippen LogP contribution in [0.5, 0.6) is 0 Å². The number of aliphatic hydroxyl groups is 1. The van der Waals surface area contributed by atoms with Crippen molar-refractivity contribution in [2.75, 3.05) is 18.9 Å². The van der Waals surface area contributed by atoms with E-state index in [4.69, 9.17) is 4.74 Å². The summed E-state index contributed by atoms with van der Waals surface area (Å²) in [7, 11) is 0. The minimum atomic E-state index is -0.419. The van der Waals surface area contributed by atoms with E-state index >= 15 is 0 Å². The summed E-state index contributed by atoms with van der Waals surface area (Å²) in [4.78, 5) is 1.19. The highest BCUT2D eigenvalue weighted by Crippen LogP contribution is 2.23. The Labute approximate surface area is 127 Å². The van der Waals surface area contributed by atoms with Gasteiger partial charge in [0.1, 0.15) is 0 Å². The molecule has 0 heterocycles. The van der Waals surface area contributed by atoms with Gasteiger partial charge in [0.25, 0.3) is 0 Å². The number of nitrogens with one attached hydrogen (secondary N) is 1. The zero-order valence-electron chi connectivity index (χ0n) is 12.9. The van der Waals surface area contributed by atoms with Crippen molar-refractivity contribution in [3.05, 3.63) is 29.8 Å². The molecule has 0 bridgehead atoms. The lowest BCUT2D eigenvalue weighted by atomic mass is 10.1. The summed E-state index contributed by atoms with van der Waals surface area (Å²) < 4.78 is 5.41. The van der Waals surface area contributed by atoms with Crippen molar-refractivity contribution in [2.24, 2.45) is 0 Å². The van der Waals surface area contributed by atoms with Crippen LogP contribution in [0.4, 0.5) is 0 Å². The first kappa shape index (κ1) is 17.5.